The van der Waals surface area contributed by atoms with E-state index in [1.165, 1.54) is 130 Å². The van der Waals surface area contributed by atoms with Crippen LogP contribution in [0.3, 0.4) is 0 Å². The molecular weight excluding hydrogens is 759 g/mol. The molecule has 13 rings (SSSR count). The topological polar surface area (TPSA) is 3.24 Å². The van der Waals surface area contributed by atoms with Crippen LogP contribution in [0.15, 0.2) is 127 Å². The summed E-state index contributed by atoms with van der Waals surface area (Å²) < 4.78 is 0. The lowest BCUT2D eigenvalue weighted by Gasteiger charge is -2.61. The molecular formula is C62H67N. The second-order valence-corrected chi connectivity index (χ2v) is 23.8. The lowest BCUT2D eigenvalue weighted by atomic mass is 9.43. The van der Waals surface area contributed by atoms with Crippen molar-refractivity contribution in [3.63, 3.8) is 0 Å². The summed E-state index contributed by atoms with van der Waals surface area (Å²) in [6, 6.07) is 50.4. The summed E-state index contributed by atoms with van der Waals surface area (Å²) in [5, 5.41) is 0. The second kappa shape index (κ2) is 13.6. The van der Waals surface area contributed by atoms with E-state index in [0.717, 1.165) is 23.7 Å². The van der Waals surface area contributed by atoms with Gasteiger partial charge in [-0.2, -0.15) is 0 Å². The van der Waals surface area contributed by atoms with Crippen LogP contribution in [0.1, 0.15) is 147 Å². The van der Waals surface area contributed by atoms with E-state index < -0.39 is 0 Å². The van der Waals surface area contributed by atoms with E-state index >= 15 is 0 Å². The van der Waals surface area contributed by atoms with Crippen LogP contribution in [0.2, 0.25) is 0 Å². The van der Waals surface area contributed by atoms with Crippen molar-refractivity contribution in [1.82, 2.24) is 0 Å². The van der Waals surface area contributed by atoms with E-state index in [1.54, 1.807) is 11.1 Å². The number of nitrogens with zero attached hydrogens (tertiary/aromatic N) is 1. The van der Waals surface area contributed by atoms with E-state index in [1.807, 2.05) is 0 Å². The zero-order chi connectivity index (χ0) is 43.3. The van der Waals surface area contributed by atoms with Gasteiger partial charge in [-0.25, -0.2) is 0 Å². The van der Waals surface area contributed by atoms with Crippen LogP contribution in [-0.4, -0.2) is 0 Å². The molecule has 1 heteroatoms. The van der Waals surface area contributed by atoms with Crippen molar-refractivity contribution in [2.75, 3.05) is 4.90 Å². The second-order valence-electron chi connectivity index (χ2n) is 23.8. The third-order valence-electron chi connectivity index (χ3n) is 18.4. The van der Waals surface area contributed by atoms with Gasteiger partial charge in [0.25, 0.3) is 0 Å². The summed E-state index contributed by atoms with van der Waals surface area (Å²) in [6.07, 6.45) is 11.9. The highest BCUT2D eigenvalue weighted by Gasteiger charge is 2.61. The Hall–Kier alpha value is -4.88. The molecule has 1 nitrogen and oxygen atoms in total. The molecule has 7 aliphatic rings. The summed E-state index contributed by atoms with van der Waals surface area (Å²) in [5.74, 6) is 3.43. The van der Waals surface area contributed by atoms with Gasteiger partial charge in [0.1, 0.15) is 0 Å². The minimum absolute atomic E-state index is 0.0485. The predicted octanol–water partition coefficient (Wildman–Crippen LogP) is 16.9. The predicted molar refractivity (Wildman–Crippen MR) is 266 cm³/mol. The molecule has 320 valence electrons. The third-order valence-corrected chi connectivity index (χ3v) is 18.4. The van der Waals surface area contributed by atoms with Crippen LogP contribution in [0.25, 0.3) is 33.4 Å². The Labute approximate surface area is 378 Å². The van der Waals surface area contributed by atoms with Crippen molar-refractivity contribution in [3.05, 3.63) is 161 Å². The smallest absolute Gasteiger partial charge is 0.0502 e. The molecule has 63 heavy (non-hydrogen) atoms. The summed E-state index contributed by atoms with van der Waals surface area (Å²) >= 11 is 0. The van der Waals surface area contributed by atoms with Crippen molar-refractivity contribution in [3.8, 4) is 33.4 Å². The Morgan fingerprint density at radius 2 is 0.825 bits per heavy atom. The fraction of sp³-hybridized carbons (Fsp3) is 0.419. The van der Waals surface area contributed by atoms with Gasteiger partial charge in [-0.3, -0.25) is 0 Å². The van der Waals surface area contributed by atoms with Crippen molar-refractivity contribution >= 4 is 17.1 Å². The normalized spacial score (nSPS) is 27.0. The Bertz CT molecular complexity index is 2760. The zero-order valence-corrected chi connectivity index (χ0v) is 39.2. The molecule has 7 aliphatic carbocycles. The highest BCUT2D eigenvalue weighted by atomic mass is 15.1. The first kappa shape index (κ1) is 39.7. The van der Waals surface area contributed by atoms with Crippen LogP contribution in [0.4, 0.5) is 17.1 Å². The Morgan fingerprint density at radius 1 is 0.381 bits per heavy atom. The number of benzene rings is 6. The number of hydrogen-bond donors (Lipinski definition) is 0. The van der Waals surface area contributed by atoms with Gasteiger partial charge < -0.3 is 4.90 Å². The lowest BCUT2D eigenvalue weighted by Crippen LogP contribution is -2.55. The monoisotopic (exact) mass is 826 g/mol. The quantitative estimate of drug-likeness (QED) is 0.167. The minimum Gasteiger partial charge on any atom is -0.310 e. The molecule has 1 spiro atoms. The maximum absolute atomic E-state index is 2.58. The number of anilines is 3. The van der Waals surface area contributed by atoms with Gasteiger partial charge in [0.15, 0.2) is 0 Å². The summed E-state index contributed by atoms with van der Waals surface area (Å²) in [6.45, 7) is 19.6. The Morgan fingerprint density at radius 3 is 1.43 bits per heavy atom. The molecule has 4 saturated carbocycles. The highest BCUT2D eigenvalue weighted by Crippen LogP contribution is 2.70. The summed E-state index contributed by atoms with van der Waals surface area (Å²) in [5.41, 5.74) is 22.1. The van der Waals surface area contributed by atoms with Crippen molar-refractivity contribution in [2.45, 2.75) is 140 Å². The van der Waals surface area contributed by atoms with Gasteiger partial charge in [0.2, 0.25) is 0 Å². The molecule has 0 amide bonds. The fourth-order valence-corrected chi connectivity index (χ4v) is 15.3. The van der Waals surface area contributed by atoms with E-state index in [-0.39, 0.29) is 27.1 Å². The van der Waals surface area contributed by atoms with Crippen LogP contribution in [-0.2, 0) is 27.1 Å². The van der Waals surface area contributed by atoms with Crippen molar-refractivity contribution in [2.24, 2.45) is 23.7 Å². The Kier molecular flexibility index (Phi) is 8.55. The minimum atomic E-state index is 0.0485. The number of hydrogen-bond acceptors (Lipinski definition) is 1. The van der Waals surface area contributed by atoms with Crippen molar-refractivity contribution in [1.29, 1.82) is 0 Å². The molecule has 0 atom stereocenters. The lowest BCUT2D eigenvalue weighted by molar-refractivity contribution is -0.0399. The molecule has 6 aromatic carbocycles. The molecule has 0 N–H and O–H groups in total. The SMILES string of the molecule is CC1(C)CCC(C)(C)c2c(-c3ccc(N(c4ccc(-c5cccc6c5-c5ccccc5C65C6CC7CC(C6)CC5C7)cc4)c4cccc5c4C(C)(C)CCC5(C)C)cc3)cccc21. The molecule has 0 aliphatic heterocycles. The van der Waals surface area contributed by atoms with Gasteiger partial charge in [-0.1, -0.05) is 152 Å². The van der Waals surface area contributed by atoms with Crippen LogP contribution in [0, 0.1) is 23.7 Å². The first-order valence-corrected chi connectivity index (χ1v) is 24.7. The fourth-order valence-electron chi connectivity index (χ4n) is 15.3. The largest absolute Gasteiger partial charge is 0.310 e. The van der Waals surface area contributed by atoms with Gasteiger partial charge >= 0.3 is 0 Å². The molecule has 0 radical (unpaired) electrons. The molecule has 0 aromatic heterocycles. The molecule has 4 bridgehead atoms. The van der Waals surface area contributed by atoms with E-state index in [9.17, 15) is 0 Å². The van der Waals surface area contributed by atoms with Crippen LogP contribution >= 0.6 is 0 Å². The van der Waals surface area contributed by atoms with Gasteiger partial charge in [0.05, 0.1) is 5.69 Å². The maximum atomic E-state index is 2.58. The first-order valence-electron chi connectivity index (χ1n) is 24.7. The maximum Gasteiger partial charge on any atom is 0.0502 e. The van der Waals surface area contributed by atoms with Gasteiger partial charge in [0, 0.05) is 16.8 Å². The molecule has 4 fully saturated rings. The summed E-state index contributed by atoms with van der Waals surface area (Å²) in [4.78, 5) is 2.58. The van der Waals surface area contributed by atoms with E-state index in [0.29, 0.717) is 0 Å². The average Bonchev–Trinajstić information content (AvgIpc) is 3.57. The Balaban J connectivity index is 0.990. The first-order chi connectivity index (χ1) is 30.2. The molecule has 0 heterocycles. The number of fused-ring (bicyclic) bond motifs is 5. The van der Waals surface area contributed by atoms with Crippen LogP contribution in [0.5, 0.6) is 0 Å². The number of rotatable bonds is 5. The van der Waals surface area contributed by atoms with Gasteiger partial charge in [-0.05, 0) is 200 Å². The van der Waals surface area contributed by atoms with E-state index in [4.69, 9.17) is 0 Å². The highest BCUT2D eigenvalue weighted by molar-refractivity contribution is 5.94. The van der Waals surface area contributed by atoms with Crippen molar-refractivity contribution < 1.29 is 0 Å². The van der Waals surface area contributed by atoms with E-state index in [2.05, 4.69) is 188 Å². The summed E-state index contributed by atoms with van der Waals surface area (Å²) in [7, 11) is 0. The van der Waals surface area contributed by atoms with Crippen LogP contribution < -0.4 is 4.90 Å². The standard InChI is InChI=1S/C62H67N/c1-58(2)30-32-60(5,6)56-48(16-12-19-52(56)58)42-24-28-46(29-25-42)63(54-21-13-20-53-57(54)61(7,8)33-31-59(53,3)4)45-26-22-41(23-27-45)47-15-11-18-51-55(47)49-14-9-10-17-50(49)62(51)43-35-39-34-40(37-43)38-44(62)36-39/h9-29,39-40,43-44H,30-38H2,1-8H3. The molecule has 6 aromatic rings. The van der Waals surface area contributed by atoms with Gasteiger partial charge in [-0.15, -0.1) is 0 Å². The zero-order valence-electron chi connectivity index (χ0n) is 39.2. The average molecular weight is 826 g/mol. The third kappa shape index (κ3) is 5.72. The molecule has 0 saturated heterocycles. The molecule has 0 unspecified atom stereocenters.